The molecule has 0 aliphatic heterocycles. The van der Waals surface area contributed by atoms with Crippen molar-refractivity contribution in [1.82, 2.24) is 4.90 Å². The zero-order valence-corrected chi connectivity index (χ0v) is 13.4. The van der Waals surface area contributed by atoms with Gasteiger partial charge in [-0.05, 0) is 54.7 Å². The van der Waals surface area contributed by atoms with E-state index >= 15 is 0 Å². The highest BCUT2D eigenvalue weighted by Crippen LogP contribution is 2.37. The summed E-state index contributed by atoms with van der Waals surface area (Å²) in [6.07, 6.45) is 3.79. The van der Waals surface area contributed by atoms with Gasteiger partial charge in [-0.1, -0.05) is 18.6 Å². The van der Waals surface area contributed by atoms with Crippen LogP contribution in [0.5, 0.6) is 11.5 Å². The summed E-state index contributed by atoms with van der Waals surface area (Å²) in [6.45, 7) is 0. The SMILES string of the molecule is CN(C)C(=O)c1ccc(Oc2ccc(C3CCC3)cc2)c(F)c1. The molecule has 0 bridgehead atoms. The maximum atomic E-state index is 14.1. The highest BCUT2D eigenvalue weighted by atomic mass is 19.1. The van der Waals surface area contributed by atoms with E-state index < -0.39 is 5.82 Å². The monoisotopic (exact) mass is 313 g/mol. The number of amides is 1. The molecule has 1 saturated carbocycles. The molecule has 2 aromatic rings. The first kappa shape index (κ1) is 15.5. The molecule has 1 aliphatic rings. The first-order valence-electron chi connectivity index (χ1n) is 7.83. The molecule has 1 aliphatic carbocycles. The molecule has 0 aromatic heterocycles. The average Bonchev–Trinajstić information content (AvgIpc) is 2.48. The van der Waals surface area contributed by atoms with Gasteiger partial charge in [0, 0.05) is 19.7 Å². The summed E-state index contributed by atoms with van der Waals surface area (Å²) in [5.41, 5.74) is 1.62. The maximum Gasteiger partial charge on any atom is 0.253 e. The first-order chi connectivity index (χ1) is 11.0. The molecule has 3 rings (SSSR count). The lowest BCUT2D eigenvalue weighted by molar-refractivity contribution is 0.0827. The second-order valence-electron chi connectivity index (χ2n) is 6.14. The van der Waals surface area contributed by atoms with Gasteiger partial charge in [0.2, 0.25) is 0 Å². The Morgan fingerprint density at radius 3 is 2.35 bits per heavy atom. The Labute approximate surface area is 135 Å². The summed E-state index contributed by atoms with van der Waals surface area (Å²) in [6, 6.07) is 12.1. The molecule has 0 N–H and O–H groups in total. The number of benzene rings is 2. The van der Waals surface area contributed by atoms with Gasteiger partial charge in [0.1, 0.15) is 5.75 Å². The molecule has 2 aromatic carbocycles. The zero-order chi connectivity index (χ0) is 16.4. The van der Waals surface area contributed by atoms with E-state index in [-0.39, 0.29) is 11.7 Å². The lowest BCUT2D eigenvalue weighted by Gasteiger charge is -2.25. The van der Waals surface area contributed by atoms with Gasteiger partial charge in [0.15, 0.2) is 11.6 Å². The summed E-state index contributed by atoms with van der Waals surface area (Å²) in [5.74, 6) is 0.605. The van der Waals surface area contributed by atoms with Crippen molar-refractivity contribution in [2.45, 2.75) is 25.2 Å². The lowest BCUT2D eigenvalue weighted by atomic mass is 9.80. The molecule has 0 saturated heterocycles. The van der Waals surface area contributed by atoms with Gasteiger partial charge < -0.3 is 9.64 Å². The lowest BCUT2D eigenvalue weighted by Crippen LogP contribution is -2.21. The van der Waals surface area contributed by atoms with Crippen LogP contribution in [0.4, 0.5) is 4.39 Å². The van der Waals surface area contributed by atoms with Gasteiger partial charge in [0.05, 0.1) is 0 Å². The smallest absolute Gasteiger partial charge is 0.253 e. The molecule has 1 fully saturated rings. The molecular weight excluding hydrogens is 293 g/mol. The molecule has 0 radical (unpaired) electrons. The van der Waals surface area contributed by atoms with E-state index in [0.717, 1.165) is 0 Å². The van der Waals surface area contributed by atoms with Gasteiger partial charge in [-0.15, -0.1) is 0 Å². The molecular formula is C19H20FNO2. The molecule has 120 valence electrons. The summed E-state index contributed by atoms with van der Waals surface area (Å²) >= 11 is 0. The molecule has 0 unspecified atom stereocenters. The maximum absolute atomic E-state index is 14.1. The fourth-order valence-electron chi connectivity index (χ4n) is 2.65. The Morgan fingerprint density at radius 2 is 1.83 bits per heavy atom. The van der Waals surface area contributed by atoms with E-state index in [1.54, 1.807) is 20.2 Å². The van der Waals surface area contributed by atoms with Gasteiger partial charge >= 0.3 is 0 Å². The number of nitrogens with zero attached hydrogens (tertiary/aromatic N) is 1. The fourth-order valence-corrected chi connectivity index (χ4v) is 2.65. The average molecular weight is 313 g/mol. The van der Waals surface area contributed by atoms with Crippen molar-refractivity contribution < 1.29 is 13.9 Å². The van der Waals surface area contributed by atoms with Gasteiger partial charge in [-0.3, -0.25) is 4.79 Å². The minimum atomic E-state index is -0.541. The highest BCUT2D eigenvalue weighted by molar-refractivity contribution is 5.94. The number of rotatable bonds is 4. The molecule has 1 amide bonds. The summed E-state index contributed by atoms with van der Waals surface area (Å²) in [7, 11) is 3.27. The summed E-state index contributed by atoms with van der Waals surface area (Å²) in [4.78, 5) is 13.2. The second kappa shape index (κ2) is 6.41. The van der Waals surface area contributed by atoms with Crippen LogP contribution in [0.2, 0.25) is 0 Å². The number of carbonyl (C=O) groups excluding carboxylic acids is 1. The van der Waals surface area contributed by atoms with Crippen LogP contribution in [0.3, 0.4) is 0 Å². The Balaban J connectivity index is 1.73. The van der Waals surface area contributed by atoms with Crippen molar-refractivity contribution in [1.29, 1.82) is 0 Å². The van der Waals surface area contributed by atoms with Crippen LogP contribution in [0, 0.1) is 5.82 Å². The van der Waals surface area contributed by atoms with E-state index in [9.17, 15) is 9.18 Å². The Bertz CT molecular complexity index is 706. The number of halogens is 1. The summed E-state index contributed by atoms with van der Waals surface area (Å²) < 4.78 is 19.7. The third kappa shape index (κ3) is 3.36. The van der Waals surface area contributed by atoms with Crippen molar-refractivity contribution in [3.63, 3.8) is 0 Å². The highest BCUT2D eigenvalue weighted by Gasteiger charge is 2.19. The van der Waals surface area contributed by atoms with Gasteiger partial charge in [0.25, 0.3) is 5.91 Å². The van der Waals surface area contributed by atoms with Gasteiger partial charge in [-0.2, -0.15) is 0 Å². The number of ether oxygens (including phenoxy) is 1. The van der Waals surface area contributed by atoms with Crippen molar-refractivity contribution in [3.05, 3.63) is 59.4 Å². The topological polar surface area (TPSA) is 29.5 Å². The predicted molar refractivity (Wildman–Crippen MR) is 87.5 cm³/mol. The van der Waals surface area contributed by atoms with Crippen molar-refractivity contribution >= 4 is 5.91 Å². The largest absolute Gasteiger partial charge is 0.454 e. The second-order valence-corrected chi connectivity index (χ2v) is 6.14. The van der Waals surface area contributed by atoms with Gasteiger partial charge in [-0.25, -0.2) is 4.39 Å². The Kier molecular flexibility index (Phi) is 4.33. The van der Waals surface area contributed by atoms with E-state index in [4.69, 9.17) is 4.74 Å². The minimum absolute atomic E-state index is 0.122. The Hall–Kier alpha value is -2.36. The van der Waals surface area contributed by atoms with Crippen LogP contribution >= 0.6 is 0 Å². The van der Waals surface area contributed by atoms with E-state index in [2.05, 4.69) is 0 Å². The van der Waals surface area contributed by atoms with Crippen molar-refractivity contribution in [2.75, 3.05) is 14.1 Å². The van der Waals surface area contributed by atoms with Crippen LogP contribution in [0.15, 0.2) is 42.5 Å². The van der Waals surface area contributed by atoms with Crippen LogP contribution in [-0.2, 0) is 0 Å². The number of hydrogen-bond acceptors (Lipinski definition) is 2. The van der Waals surface area contributed by atoms with Crippen molar-refractivity contribution in [3.8, 4) is 11.5 Å². The van der Waals surface area contributed by atoms with Crippen molar-refractivity contribution in [2.24, 2.45) is 0 Å². The third-order valence-corrected chi connectivity index (χ3v) is 4.27. The predicted octanol–water partition coefficient (Wildman–Crippen LogP) is 4.59. The Morgan fingerprint density at radius 1 is 1.13 bits per heavy atom. The summed E-state index contributed by atoms with van der Waals surface area (Å²) in [5, 5.41) is 0. The minimum Gasteiger partial charge on any atom is -0.454 e. The zero-order valence-electron chi connectivity index (χ0n) is 13.4. The number of hydrogen-bond donors (Lipinski definition) is 0. The quantitative estimate of drug-likeness (QED) is 0.826. The molecule has 0 heterocycles. The standard InChI is InChI=1S/C19H20FNO2/c1-21(2)19(22)15-8-11-18(17(20)12-15)23-16-9-6-14(7-10-16)13-4-3-5-13/h6-13H,3-5H2,1-2H3. The third-order valence-electron chi connectivity index (χ3n) is 4.27. The molecule has 0 atom stereocenters. The first-order valence-corrected chi connectivity index (χ1v) is 7.83. The fraction of sp³-hybridized carbons (Fsp3) is 0.316. The molecule has 3 nitrogen and oxygen atoms in total. The van der Waals surface area contributed by atoms with Crippen LogP contribution in [0.1, 0.15) is 41.1 Å². The molecule has 4 heteroatoms. The normalized spacial score (nSPS) is 14.2. The van der Waals surface area contributed by atoms with Crippen LogP contribution < -0.4 is 4.74 Å². The van der Waals surface area contributed by atoms with E-state index in [1.165, 1.54) is 41.9 Å². The van der Waals surface area contributed by atoms with Crippen LogP contribution in [-0.4, -0.2) is 24.9 Å². The van der Waals surface area contributed by atoms with Crippen LogP contribution in [0.25, 0.3) is 0 Å². The molecule has 0 spiro atoms. The van der Waals surface area contributed by atoms with E-state index in [0.29, 0.717) is 17.2 Å². The van der Waals surface area contributed by atoms with E-state index in [1.807, 2.05) is 24.3 Å². The number of carbonyl (C=O) groups is 1. The molecule has 23 heavy (non-hydrogen) atoms.